The van der Waals surface area contributed by atoms with Gasteiger partial charge in [0.1, 0.15) is 0 Å². The van der Waals surface area contributed by atoms with Gasteiger partial charge in [-0.05, 0) is 0 Å². The van der Waals surface area contributed by atoms with Crippen molar-refractivity contribution in [3.8, 4) is 0 Å². The molecule has 0 heterocycles. The molecule has 0 saturated heterocycles. The molecule has 0 saturated carbocycles. The summed E-state index contributed by atoms with van der Waals surface area (Å²) in [5.74, 6) is -0.141. The van der Waals surface area contributed by atoms with Crippen LogP contribution in [0.5, 0.6) is 0 Å². The van der Waals surface area contributed by atoms with Gasteiger partial charge >= 0.3 is 52.9 Å². The van der Waals surface area contributed by atoms with Gasteiger partial charge in [-0.25, -0.2) is 0 Å². The van der Waals surface area contributed by atoms with Crippen molar-refractivity contribution in [3.05, 3.63) is 17.6 Å². The monoisotopic (exact) mass is 309 g/mol. The van der Waals surface area contributed by atoms with Crippen LogP contribution in [-0.4, -0.2) is 10.2 Å². The Morgan fingerprint density at radius 2 is 2.00 bits per heavy atom. The van der Waals surface area contributed by atoms with E-state index in [-0.39, 0.29) is 5.84 Å². The molecule has 0 radical (unpaired) electrons. The first-order chi connectivity index (χ1) is 4.68. The molecular formula is C7H13N2W-. The number of rotatable bonds is 2. The van der Waals surface area contributed by atoms with E-state index in [0.29, 0.717) is 0 Å². The second kappa shape index (κ2) is 11.6. The molecule has 0 unspecified atom stereocenters. The van der Waals surface area contributed by atoms with Crippen LogP contribution >= 0.6 is 0 Å². The Bertz CT molecular complexity index is 119. The van der Waals surface area contributed by atoms with E-state index in [2.05, 4.69) is 13.8 Å². The number of hydrogen-bond donors (Lipinski definition) is 1. The molecule has 2 N–H and O–H groups in total. The molecule has 58 valence electrons. The van der Waals surface area contributed by atoms with E-state index in [9.17, 15) is 0 Å². The third-order valence-electron chi connectivity index (χ3n) is 0.346. The molecule has 0 aromatic carbocycles. The van der Waals surface area contributed by atoms with Gasteiger partial charge in [0, 0.05) is 0 Å². The van der Waals surface area contributed by atoms with Crippen LogP contribution in [0.25, 0.3) is 5.41 Å². The molecule has 10 heavy (non-hydrogen) atoms. The first-order valence-electron chi connectivity index (χ1n) is 3.12. The molecule has 0 aromatic heterocycles. The summed E-state index contributed by atoms with van der Waals surface area (Å²) < 4.78 is 1.86. The SMILES string of the molecule is CCC.[N-]=C(N)C=C[CH]=[W]. The molecule has 3 heteroatoms. The van der Waals surface area contributed by atoms with E-state index >= 15 is 0 Å². The third-order valence-corrected chi connectivity index (χ3v) is 0.910. The predicted octanol–water partition coefficient (Wildman–Crippen LogP) is 1.23. The van der Waals surface area contributed by atoms with Gasteiger partial charge in [0.15, 0.2) is 0 Å². The summed E-state index contributed by atoms with van der Waals surface area (Å²) in [6.45, 7) is 4.25. The van der Waals surface area contributed by atoms with Crippen molar-refractivity contribution >= 4 is 10.2 Å². The Balaban J connectivity index is 0. The molecule has 0 spiro atoms. The molecule has 0 amide bonds. The zero-order valence-electron chi connectivity index (χ0n) is 6.37. The van der Waals surface area contributed by atoms with Gasteiger partial charge in [-0.3, -0.25) is 0 Å². The summed E-state index contributed by atoms with van der Waals surface area (Å²) in [6.07, 6.45) is 4.39. The zero-order chi connectivity index (χ0) is 8.41. The van der Waals surface area contributed by atoms with Gasteiger partial charge in [-0.1, -0.05) is 20.3 Å². The molecule has 0 bridgehead atoms. The quantitative estimate of drug-likeness (QED) is 0.605. The number of nitrogens with zero attached hydrogens (tertiary/aromatic N) is 1. The zero-order valence-corrected chi connectivity index (χ0v) is 9.31. The van der Waals surface area contributed by atoms with Gasteiger partial charge in [0.25, 0.3) is 0 Å². The van der Waals surface area contributed by atoms with Crippen LogP contribution in [0.4, 0.5) is 0 Å². The molecule has 0 atom stereocenters. The van der Waals surface area contributed by atoms with E-state index in [4.69, 9.17) is 11.1 Å². The van der Waals surface area contributed by atoms with Crippen molar-refractivity contribution in [3.63, 3.8) is 0 Å². The fourth-order valence-electron chi connectivity index (χ4n) is 0.138. The molecule has 2 nitrogen and oxygen atoms in total. The Morgan fingerprint density at radius 1 is 1.60 bits per heavy atom. The number of amidine groups is 1. The van der Waals surface area contributed by atoms with E-state index in [1.54, 1.807) is 6.08 Å². The Hall–Kier alpha value is -0.232. The van der Waals surface area contributed by atoms with E-state index in [0.717, 1.165) is 0 Å². The fourth-order valence-corrected chi connectivity index (χ4v) is 0.420. The van der Waals surface area contributed by atoms with Gasteiger partial charge < -0.3 is 0 Å². The van der Waals surface area contributed by atoms with Crippen molar-refractivity contribution in [1.29, 1.82) is 0 Å². The Kier molecular flexibility index (Phi) is 14.4. The maximum atomic E-state index is 8.28. The first-order valence-corrected chi connectivity index (χ1v) is 4.81. The minimum absolute atomic E-state index is 0.141. The van der Waals surface area contributed by atoms with Crippen LogP contribution in [0.2, 0.25) is 0 Å². The second-order valence-electron chi connectivity index (χ2n) is 1.63. The van der Waals surface area contributed by atoms with Crippen LogP contribution in [-0.2, 0) is 19.4 Å². The molecule has 0 fully saturated rings. The van der Waals surface area contributed by atoms with Gasteiger partial charge in [-0.2, -0.15) is 0 Å². The number of nitrogens with two attached hydrogens (primary N) is 1. The average molecular weight is 309 g/mol. The normalized spacial score (nSPS) is 8.20. The Morgan fingerprint density at radius 3 is 2.10 bits per heavy atom. The predicted molar refractivity (Wildman–Crippen MR) is 43.7 cm³/mol. The molecule has 0 aromatic rings. The summed E-state index contributed by atoms with van der Waals surface area (Å²) in [7, 11) is 0. The summed E-state index contributed by atoms with van der Waals surface area (Å²) >= 11 is 1.34. The number of allylic oxidation sites excluding steroid dienone is 1. The molecule has 0 aliphatic rings. The van der Waals surface area contributed by atoms with Crippen molar-refractivity contribution in [2.75, 3.05) is 0 Å². The van der Waals surface area contributed by atoms with Crippen LogP contribution in [0.15, 0.2) is 12.2 Å². The average Bonchev–Trinajstić information content (AvgIpc) is 1.85. The first kappa shape index (κ1) is 12.4. The second-order valence-corrected chi connectivity index (χ2v) is 2.60. The van der Waals surface area contributed by atoms with Crippen LogP contribution in [0.1, 0.15) is 20.3 Å². The van der Waals surface area contributed by atoms with Crippen molar-refractivity contribution in [2.24, 2.45) is 5.73 Å². The van der Waals surface area contributed by atoms with Crippen molar-refractivity contribution < 1.29 is 19.4 Å². The van der Waals surface area contributed by atoms with Crippen LogP contribution < -0.4 is 5.73 Å². The summed E-state index contributed by atoms with van der Waals surface area (Å²) in [6, 6.07) is 0. The fraction of sp³-hybridized carbons (Fsp3) is 0.429. The minimum atomic E-state index is -0.141. The number of hydrogen-bond acceptors (Lipinski definition) is 0. The standard InChI is InChI=1S/C4H5N2.C3H8.W/c1-2-3-4(5)6;1-3-2;/h1-3H,(H2-,5,6);3H2,1-2H3;/q-1;;. The van der Waals surface area contributed by atoms with Gasteiger partial charge in [0.2, 0.25) is 0 Å². The molecular weight excluding hydrogens is 296 g/mol. The Labute approximate surface area is 73.4 Å². The van der Waals surface area contributed by atoms with Crippen molar-refractivity contribution in [2.45, 2.75) is 20.3 Å². The van der Waals surface area contributed by atoms with Crippen LogP contribution in [0.3, 0.4) is 0 Å². The summed E-state index contributed by atoms with van der Waals surface area (Å²) in [4.78, 5) is 0. The van der Waals surface area contributed by atoms with E-state index < -0.39 is 0 Å². The van der Waals surface area contributed by atoms with E-state index in [1.807, 2.05) is 4.40 Å². The molecule has 0 aliphatic carbocycles. The molecule has 0 rings (SSSR count). The van der Waals surface area contributed by atoms with Gasteiger partial charge in [-0.15, -0.1) is 0 Å². The maximum absolute atomic E-state index is 8.28. The topological polar surface area (TPSA) is 48.3 Å². The van der Waals surface area contributed by atoms with Crippen molar-refractivity contribution in [1.82, 2.24) is 0 Å². The molecule has 0 aliphatic heterocycles. The third kappa shape index (κ3) is 25.1. The van der Waals surface area contributed by atoms with Gasteiger partial charge in [0.05, 0.1) is 0 Å². The van der Waals surface area contributed by atoms with Crippen LogP contribution in [0, 0.1) is 0 Å². The summed E-state index contributed by atoms with van der Waals surface area (Å²) in [5, 5.41) is 8.28. The summed E-state index contributed by atoms with van der Waals surface area (Å²) in [5.41, 5.74) is 4.85. The van der Waals surface area contributed by atoms with E-state index in [1.165, 1.54) is 31.9 Å².